The first-order valence-electron chi connectivity index (χ1n) is 6.54. The number of H-pyrrole nitrogens is 1. The summed E-state index contributed by atoms with van der Waals surface area (Å²) in [6.07, 6.45) is 2.47. The fourth-order valence-electron chi connectivity index (χ4n) is 2.56. The number of hydrogen-bond acceptors (Lipinski definition) is 3. The van der Waals surface area contributed by atoms with Crippen LogP contribution < -0.4 is 5.56 Å². The molecule has 23 heavy (non-hydrogen) atoms. The zero-order valence-electron chi connectivity index (χ0n) is 11.4. The lowest BCUT2D eigenvalue weighted by molar-refractivity contribution is -0.137. The standard InChI is InChI=1S/C14H8F3N5O/c15-14(16,17)8-5-9-11(6-10(8)21-3-1-18-7-21)22-4-2-19-12(22)13(23)20-9/h1-7H,(H,20,23). The van der Waals surface area contributed by atoms with Crippen molar-refractivity contribution in [2.45, 2.75) is 6.18 Å². The summed E-state index contributed by atoms with van der Waals surface area (Å²) in [5.74, 6) is 0. The number of fused-ring (bicyclic) bond motifs is 3. The monoisotopic (exact) mass is 319 g/mol. The first-order valence-corrected chi connectivity index (χ1v) is 6.54. The van der Waals surface area contributed by atoms with Gasteiger partial charge in [-0.3, -0.25) is 9.20 Å². The van der Waals surface area contributed by atoms with Gasteiger partial charge in [-0.25, -0.2) is 9.97 Å². The smallest absolute Gasteiger partial charge is 0.317 e. The number of aromatic amines is 1. The van der Waals surface area contributed by atoms with Crippen LogP contribution in [0.4, 0.5) is 13.2 Å². The van der Waals surface area contributed by atoms with Gasteiger partial charge in [0, 0.05) is 24.8 Å². The van der Waals surface area contributed by atoms with E-state index in [9.17, 15) is 18.0 Å². The summed E-state index contributed by atoms with van der Waals surface area (Å²) in [6, 6.07) is 2.27. The van der Waals surface area contributed by atoms with Crippen LogP contribution in [0.15, 0.2) is 48.0 Å². The molecular weight excluding hydrogens is 311 g/mol. The molecule has 0 aliphatic carbocycles. The van der Waals surface area contributed by atoms with Gasteiger partial charge in [0.2, 0.25) is 5.65 Å². The van der Waals surface area contributed by atoms with Crippen molar-refractivity contribution in [3.63, 3.8) is 0 Å². The highest BCUT2D eigenvalue weighted by Crippen LogP contribution is 2.35. The Balaban J connectivity index is 2.18. The predicted molar refractivity (Wildman–Crippen MR) is 75.4 cm³/mol. The van der Waals surface area contributed by atoms with Crippen LogP contribution in [-0.2, 0) is 6.18 Å². The van der Waals surface area contributed by atoms with Crippen molar-refractivity contribution in [2.75, 3.05) is 0 Å². The molecule has 0 unspecified atom stereocenters. The lowest BCUT2D eigenvalue weighted by Crippen LogP contribution is -2.14. The molecule has 0 spiro atoms. The van der Waals surface area contributed by atoms with E-state index in [0.717, 1.165) is 6.07 Å². The number of hydrogen-bond donors (Lipinski definition) is 1. The van der Waals surface area contributed by atoms with Gasteiger partial charge >= 0.3 is 6.18 Å². The normalized spacial score (nSPS) is 12.3. The first kappa shape index (κ1) is 13.6. The summed E-state index contributed by atoms with van der Waals surface area (Å²) in [5, 5.41) is 0. The second kappa shape index (κ2) is 4.45. The predicted octanol–water partition coefficient (Wildman–Crippen LogP) is 2.38. The molecule has 6 nitrogen and oxygen atoms in total. The second-order valence-corrected chi connectivity index (χ2v) is 4.93. The van der Waals surface area contributed by atoms with E-state index >= 15 is 0 Å². The van der Waals surface area contributed by atoms with Crippen molar-refractivity contribution in [1.82, 2.24) is 23.9 Å². The number of nitrogens with zero attached hydrogens (tertiary/aromatic N) is 4. The highest BCUT2D eigenvalue weighted by Gasteiger charge is 2.34. The summed E-state index contributed by atoms with van der Waals surface area (Å²) in [5.41, 5.74) is -0.881. The SMILES string of the molecule is O=c1[nH]c2cc(C(F)(F)F)c(-n3ccnc3)cc2n2ccnc12. The van der Waals surface area contributed by atoms with E-state index < -0.39 is 17.3 Å². The molecule has 0 fully saturated rings. The van der Waals surface area contributed by atoms with Gasteiger partial charge in [0.1, 0.15) is 0 Å². The van der Waals surface area contributed by atoms with E-state index in [2.05, 4.69) is 15.0 Å². The third-order valence-corrected chi connectivity index (χ3v) is 3.55. The molecule has 116 valence electrons. The lowest BCUT2D eigenvalue weighted by Gasteiger charge is -2.15. The second-order valence-electron chi connectivity index (χ2n) is 4.93. The van der Waals surface area contributed by atoms with E-state index in [1.54, 1.807) is 0 Å². The molecule has 0 aliphatic rings. The summed E-state index contributed by atoms with van der Waals surface area (Å²) in [6.45, 7) is 0. The molecule has 0 saturated heterocycles. The van der Waals surface area contributed by atoms with Gasteiger partial charge in [-0.05, 0) is 12.1 Å². The zero-order valence-corrected chi connectivity index (χ0v) is 11.4. The molecule has 3 aromatic heterocycles. The Morgan fingerprint density at radius 2 is 1.96 bits per heavy atom. The Morgan fingerprint density at radius 3 is 2.65 bits per heavy atom. The quantitative estimate of drug-likeness (QED) is 0.586. The van der Waals surface area contributed by atoms with Crippen LogP contribution in [0.2, 0.25) is 0 Å². The van der Waals surface area contributed by atoms with Gasteiger partial charge in [-0.15, -0.1) is 0 Å². The molecule has 0 saturated carbocycles. The van der Waals surface area contributed by atoms with E-state index in [4.69, 9.17) is 0 Å². The topological polar surface area (TPSA) is 68.0 Å². The number of rotatable bonds is 1. The zero-order chi connectivity index (χ0) is 16.2. The van der Waals surface area contributed by atoms with Crippen molar-refractivity contribution in [1.29, 1.82) is 0 Å². The number of nitrogens with one attached hydrogen (secondary N) is 1. The maximum atomic E-state index is 13.4. The van der Waals surface area contributed by atoms with Crippen LogP contribution in [0.3, 0.4) is 0 Å². The Hall–Kier alpha value is -3.10. The number of imidazole rings is 2. The van der Waals surface area contributed by atoms with E-state index in [1.807, 2.05) is 0 Å². The highest BCUT2D eigenvalue weighted by atomic mass is 19.4. The van der Waals surface area contributed by atoms with Crippen LogP contribution in [0.5, 0.6) is 0 Å². The lowest BCUT2D eigenvalue weighted by atomic mass is 10.1. The fraction of sp³-hybridized carbons (Fsp3) is 0.0714. The van der Waals surface area contributed by atoms with E-state index in [0.29, 0.717) is 5.52 Å². The van der Waals surface area contributed by atoms with Gasteiger partial charge < -0.3 is 9.55 Å². The van der Waals surface area contributed by atoms with Crippen molar-refractivity contribution in [2.24, 2.45) is 0 Å². The summed E-state index contributed by atoms with van der Waals surface area (Å²) in [7, 11) is 0. The number of alkyl halides is 3. The maximum Gasteiger partial charge on any atom is 0.418 e. The van der Waals surface area contributed by atoms with E-state index in [-0.39, 0.29) is 16.9 Å². The summed E-state index contributed by atoms with van der Waals surface area (Å²) < 4.78 is 42.9. The minimum atomic E-state index is -4.57. The molecule has 0 radical (unpaired) electrons. The van der Waals surface area contributed by atoms with Crippen molar-refractivity contribution >= 4 is 16.7 Å². The number of benzene rings is 1. The third kappa shape index (κ3) is 2.00. The molecule has 1 N–H and O–H groups in total. The van der Waals surface area contributed by atoms with Gasteiger partial charge in [0.05, 0.1) is 28.6 Å². The van der Waals surface area contributed by atoms with Crippen LogP contribution in [0.1, 0.15) is 5.56 Å². The van der Waals surface area contributed by atoms with Crippen LogP contribution in [0, 0.1) is 0 Å². The average molecular weight is 319 g/mol. The minimum Gasteiger partial charge on any atom is -0.317 e. The van der Waals surface area contributed by atoms with Crippen molar-refractivity contribution in [3.8, 4) is 5.69 Å². The van der Waals surface area contributed by atoms with Crippen molar-refractivity contribution in [3.05, 3.63) is 59.2 Å². The molecule has 3 heterocycles. The highest BCUT2D eigenvalue weighted by molar-refractivity contribution is 5.81. The van der Waals surface area contributed by atoms with Crippen LogP contribution >= 0.6 is 0 Å². The third-order valence-electron chi connectivity index (χ3n) is 3.55. The first-order chi connectivity index (χ1) is 10.9. The molecule has 0 bridgehead atoms. The Bertz CT molecular complexity index is 1080. The molecule has 4 rings (SSSR count). The summed E-state index contributed by atoms with van der Waals surface area (Å²) >= 11 is 0. The molecule has 4 aromatic rings. The molecule has 0 atom stereocenters. The molecular formula is C14H8F3N5O. The molecule has 0 aliphatic heterocycles. The number of aromatic nitrogens is 5. The number of halogens is 3. The van der Waals surface area contributed by atoms with Gasteiger partial charge in [-0.1, -0.05) is 0 Å². The maximum absolute atomic E-state index is 13.4. The fourth-order valence-corrected chi connectivity index (χ4v) is 2.56. The van der Waals surface area contributed by atoms with E-state index in [1.165, 1.54) is 46.1 Å². The van der Waals surface area contributed by atoms with Crippen LogP contribution in [0.25, 0.3) is 22.4 Å². The van der Waals surface area contributed by atoms with Crippen LogP contribution in [-0.4, -0.2) is 23.9 Å². The Morgan fingerprint density at radius 1 is 1.13 bits per heavy atom. The Kier molecular flexibility index (Phi) is 2.62. The average Bonchev–Trinajstić information content (AvgIpc) is 3.17. The Labute approximate surface area is 125 Å². The van der Waals surface area contributed by atoms with Gasteiger partial charge in [0.25, 0.3) is 5.56 Å². The minimum absolute atomic E-state index is 0.0791. The van der Waals surface area contributed by atoms with Crippen molar-refractivity contribution < 1.29 is 13.2 Å². The van der Waals surface area contributed by atoms with Gasteiger partial charge in [-0.2, -0.15) is 13.2 Å². The molecule has 1 aromatic carbocycles. The largest absolute Gasteiger partial charge is 0.418 e. The molecule has 0 amide bonds. The molecule has 9 heteroatoms. The summed E-state index contributed by atoms with van der Waals surface area (Å²) in [4.78, 5) is 22.0. The van der Waals surface area contributed by atoms with Gasteiger partial charge in [0.15, 0.2) is 0 Å².